The number of carbonyl (C=O) groups is 2. The van der Waals surface area contributed by atoms with Crippen LogP contribution < -0.4 is 10.1 Å². The van der Waals surface area contributed by atoms with E-state index in [9.17, 15) is 9.59 Å². The lowest BCUT2D eigenvalue weighted by Gasteiger charge is -2.22. The van der Waals surface area contributed by atoms with Crippen LogP contribution in [0.25, 0.3) is 0 Å². The Morgan fingerprint density at radius 3 is 2.57 bits per heavy atom. The normalized spacial score (nSPS) is 10.9. The van der Waals surface area contributed by atoms with E-state index >= 15 is 0 Å². The molecule has 0 spiro atoms. The summed E-state index contributed by atoms with van der Waals surface area (Å²) in [5.74, 6) is 0.748. The predicted octanol–water partition coefficient (Wildman–Crippen LogP) is 3.58. The van der Waals surface area contributed by atoms with E-state index in [0.717, 1.165) is 29.9 Å². The number of hydrogen-bond acceptors (Lipinski definition) is 4. The van der Waals surface area contributed by atoms with Crippen molar-refractivity contribution in [2.45, 2.75) is 54.0 Å². The standard InChI is InChI=1S/C23H34N4O3/c1-7-12-26(15-22(28)24-20-10-8-9-11-21(20)30-6)23(29)13-19-17(4)25-27(18(19)5)14-16(2)3/h8-11,16H,7,12-15H2,1-6H3,(H,24,28). The predicted molar refractivity (Wildman–Crippen MR) is 119 cm³/mol. The molecule has 1 aromatic carbocycles. The molecule has 0 unspecified atom stereocenters. The van der Waals surface area contributed by atoms with Crippen molar-refractivity contribution in [3.05, 3.63) is 41.2 Å². The molecule has 0 atom stereocenters. The number of carbonyl (C=O) groups excluding carboxylic acids is 2. The molecule has 0 bridgehead atoms. The summed E-state index contributed by atoms with van der Waals surface area (Å²) in [6.45, 7) is 11.6. The summed E-state index contributed by atoms with van der Waals surface area (Å²) in [7, 11) is 1.56. The Bertz CT molecular complexity index is 873. The van der Waals surface area contributed by atoms with Gasteiger partial charge in [-0.05, 0) is 38.3 Å². The molecular formula is C23H34N4O3. The number of aromatic nitrogens is 2. The highest BCUT2D eigenvalue weighted by atomic mass is 16.5. The highest BCUT2D eigenvalue weighted by Gasteiger charge is 2.21. The number of ether oxygens (including phenoxy) is 1. The average molecular weight is 415 g/mol. The first kappa shape index (κ1) is 23.4. The third-order valence-corrected chi connectivity index (χ3v) is 4.96. The minimum Gasteiger partial charge on any atom is -0.495 e. The lowest BCUT2D eigenvalue weighted by molar-refractivity contribution is -0.134. The van der Waals surface area contributed by atoms with E-state index in [4.69, 9.17) is 4.74 Å². The fraction of sp³-hybridized carbons (Fsp3) is 0.522. The van der Waals surface area contributed by atoms with Crippen LogP contribution in [0.2, 0.25) is 0 Å². The molecule has 2 rings (SSSR count). The number of nitrogens with zero attached hydrogens (tertiary/aromatic N) is 3. The molecule has 0 fully saturated rings. The molecule has 2 amide bonds. The molecule has 0 aliphatic rings. The Labute approximate surface area is 179 Å². The highest BCUT2D eigenvalue weighted by Crippen LogP contribution is 2.23. The van der Waals surface area contributed by atoms with Gasteiger partial charge in [0.25, 0.3) is 0 Å². The molecule has 30 heavy (non-hydrogen) atoms. The molecule has 2 aromatic rings. The van der Waals surface area contributed by atoms with Gasteiger partial charge in [-0.15, -0.1) is 0 Å². The lowest BCUT2D eigenvalue weighted by Crippen LogP contribution is -2.39. The van der Waals surface area contributed by atoms with E-state index < -0.39 is 0 Å². The number of benzene rings is 1. The maximum Gasteiger partial charge on any atom is 0.244 e. The van der Waals surface area contributed by atoms with Crippen molar-refractivity contribution >= 4 is 17.5 Å². The van der Waals surface area contributed by atoms with Crippen molar-refractivity contribution in [3.63, 3.8) is 0 Å². The Balaban J connectivity index is 2.09. The molecule has 0 aliphatic heterocycles. The molecule has 1 N–H and O–H groups in total. The summed E-state index contributed by atoms with van der Waals surface area (Å²) in [6, 6.07) is 7.22. The number of amides is 2. The van der Waals surface area contributed by atoms with Gasteiger partial charge in [0.05, 0.1) is 31.5 Å². The maximum atomic E-state index is 13.0. The fourth-order valence-corrected chi connectivity index (χ4v) is 3.45. The molecule has 1 heterocycles. The second-order valence-corrected chi connectivity index (χ2v) is 7.97. The minimum absolute atomic E-state index is 0.00292. The Morgan fingerprint density at radius 1 is 1.23 bits per heavy atom. The van der Waals surface area contributed by atoms with Crippen LogP contribution in [0.4, 0.5) is 5.69 Å². The molecule has 0 saturated carbocycles. The number of hydrogen-bond donors (Lipinski definition) is 1. The fourth-order valence-electron chi connectivity index (χ4n) is 3.45. The SMILES string of the molecule is CCCN(CC(=O)Nc1ccccc1OC)C(=O)Cc1c(C)nn(CC(C)C)c1C. The summed E-state index contributed by atoms with van der Waals surface area (Å²) >= 11 is 0. The second kappa shape index (κ2) is 10.8. The monoisotopic (exact) mass is 414 g/mol. The van der Waals surface area contributed by atoms with Gasteiger partial charge in [0, 0.05) is 24.3 Å². The average Bonchev–Trinajstić information content (AvgIpc) is 2.94. The van der Waals surface area contributed by atoms with E-state index in [2.05, 4.69) is 24.3 Å². The maximum absolute atomic E-state index is 13.0. The number of anilines is 1. The summed E-state index contributed by atoms with van der Waals surface area (Å²) in [4.78, 5) is 27.3. The first-order chi connectivity index (χ1) is 14.3. The largest absolute Gasteiger partial charge is 0.495 e. The Morgan fingerprint density at radius 2 is 1.93 bits per heavy atom. The summed E-state index contributed by atoms with van der Waals surface area (Å²) in [5.41, 5.74) is 3.43. The van der Waals surface area contributed by atoms with Gasteiger partial charge in [-0.1, -0.05) is 32.9 Å². The smallest absolute Gasteiger partial charge is 0.244 e. The Hall–Kier alpha value is -2.83. The van der Waals surface area contributed by atoms with Crippen LogP contribution in [0.15, 0.2) is 24.3 Å². The van der Waals surface area contributed by atoms with Crippen LogP contribution in [0.5, 0.6) is 5.75 Å². The van der Waals surface area contributed by atoms with Gasteiger partial charge in [-0.3, -0.25) is 14.3 Å². The van der Waals surface area contributed by atoms with Crippen molar-refractivity contribution in [1.29, 1.82) is 0 Å². The number of para-hydroxylation sites is 2. The van der Waals surface area contributed by atoms with Gasteiger partial charge in [0.1, 0.15) is 5.75 Å². The van der Waals surface area contributed by atoms with Gasteiger partial charge >= 0.3 is 0 Å². The highest BCUT2D eigenvalue weighted by molar-refractivity contribution is 5.96. The number of aryl methyl sites for hydroxylation is 1. The first-order valence-electron chi connectivity index (χ1n) is 10.5. The van der Waals surface area contributed by atoms with Crippen LogP contribution in [0.3, 0.4) is 0 Å². The summed E-state index contributed by atoms with van der Waals surface area (Å²) < 4.78 is 7.25. The minimum atomic E-state index is -0.245. The topological polar surface area (TPSA) is 76.5 Å². The number of methoxy groups -OCH3 is 1. The van der Waals surface area contributed by atoms with Crippen molar-refractivity contribution in [2.24, 2.45) is 5.92 Å². The van der Waals surface area contributed by atoms with Crippen molar-refractivity contribution in [3.8, 4) is 5.75 Å². The number of nitrogens with one attached hydrogen (secondary N) is 1. The van der Waals surface area contributed by atoms with Gasteiger partial charge in [-0.2, -0.15) is 5.10 Å². The third kappa shape index (κ3) is 6.08. The van der Waals surface area contributed by atoms with Gasteiger partial charge in [-0.25, -0.2) is 0 Å². The van der Waals surface area contributed by atoms with Gasteiger partial charge in [0.2, 0.25) is 11.8 Å². The van der Waals surface area contributed by atoms with Crippen molar-refractivity contribution in [1.82, 2.24) is 14.7 Å². The van der Waals surface area contributed by atoms with Crippen LogP contribution in [-0.2, 0) is 22.6 Å². The van der Waals surface area contributed by atoms with E-state index in [1.807, 2.05) is 37.6 Å². The zero-order valence-corrected chi connectivity index (χ0v) is 19.0. The lowest BCUT2D eigenvalue weighted by atomic mass is 10.1. The van der Waals surface area contributed by atoms with Crippen LogP contribution in [0.1, 0.15) is 44.1 Å². The molecule has 0 radical (unpaired) electrons. The van der Waals surface area contributed by atoms with Gasteiger partial charge in [0.15, 0.2) is 0 Å². The van der Waals surface area contributed by atoms with Gasteiger partial charge < -0.3 is 15.0 Å². The number of rotatable bonds is 10. The van der Waals surface area contributed by atoms with E-state index in [1.54, 1.807) is 24.1 Å². The summed E-state index contributed by atoms with van der Waals surface area (Å²) in [5, 5.41) is 7.44. The first-order valence-corrected chi connectivity index (χ1v) is 10.5. The zero-order chi connectivity index (χ0) is 22.3. The van der Waals surface area contributed by atoms with Crippen LogP contribution in [-0.4, -0.2) is 46.7 Å². The molecule has 1 aromatic heterocycles. The van der Waals surface area contributed by atoms with E-state index in [1.165, 1.54) is 0 Å². The summed E-state index contributed by atoms with van der Waals surface area (Å²) in [6.07, 6.45) is 1.02. The molecule has 0 aliphatic carbocycles. The zero-order valence-electron chi connectivity index (χ0n) is 19.0. The Kier molecular flexibility index (Phi) is 8.45. The molecule has 164 valence electrons. The molecular weight excluding hydrogens is 380 g/mol. The van der Waals surface area contributed by atoms with Crippen LogP contribution in [0, 0.1) is 19.8 Å². The molecule has 7 nitrogen and oxygen atoms in total. The van der Waals surface area contributed by atoms with E-state index in [0.29, 0.717) is 23.9 Å². The van der Waals surface area contributed by atoms with E-state index in [-0.39, 0.29) is 24.8 Å². The van der Waals surface area contributed by atoms with Crippen LogP contribution >= 0.6 is 0 Å². The van der Waals surface area contributed by atoms with Crippen molar-refractivity contribution < 1.29 is 14.3 Å². The van der Waals surface area contributed by atoms with Crippen molar-refractivity contribution in [2.75, 3.05) is 25.5 Å². The quantitative estimate of drug-likeness (QED) is 0.645. The third-order valence-electron chi connectivity index (χ3n) is 4.96. The second-order valence-electron chi connectivity index (χ2n) is 7.97. The molecule has 0 saturated heterocycles. The molecule has 7 heteroatoms.